The van der Waals surface area contributed by atoms with E-state index in [1.165, 1.54) is 0 Å². The topological polar surface area (TPSA) is 122 Å². The normalized spacial score (nSPS) is 12.8. The molecule has 0 saturated carbocycles. The Morgan fingerprint density at radius 1 is 1.26 bits per heavy atom. The summed E-state index contributed by atoms with van der Waals surface area (Å²) in [5.74, 6) is -3.05. The SMILES string of the molecule is NC(=O)CC[C@H](NC(=O)CNCC(F)(F)F)C(=O)O. The molecule has 0 aliphatic heterocycles. The van der Waals surface area contributed by atoms with E-state index in [2.05, 4.69) is 0 Å². The highest BCUT2D eigenvalue weighted by Gasteiger charge is 2.27. The molecule has 19 heavy (non-hydrogen) atoms. The molecule has 0 saturated heterocycles. The second-order valence-electron chi connectivity index (χ2n) is 3.68. The first-order chi connectivity index (χ1) is 8.61. The van der Waals surface area contributed by atoms with Gasteiger partial charge in [0.2, 0.25) is 11.8 Å². The van der Waals surface area contributed by atoms with Crippen LogP contribution < -0.4 is 16.4 Å². The van der Waals surface area contributed by atoms with Gasteiger partial charge in [-0.15, -0.1) is 0 Å². The molecule has 0 aromatic rings. The van der Waals surface area contributed by atoms with Crippen LogP contribution in [0.25, 0.3) is 0 Å². The summed E-state index contributed by atoms with van der Waals surface area (Å²) >= 11 is 0. The molecule has 0 unspecified atom stereocenters. The highest BCUT2D eigenvalue weighted by Crippen LogP contribution is 2.11. The largest absolute Gasteiger partial charge is 0.480 e. The molecule has 0 heterocycles. The first-order valence-electron chi connectivity index (χ1n) is 5.19. The van der Waals surface area contributed by atoms with Crippen molar-refractivity contribution in [3.63, 3.8) is 0 Å². The molecule has 0 spiro atoms. The average Bonchev–Trinajstić information content (AvgIpc) is 2.21. The fourth-order valence-corrected chi connectivity index (χ4v) is 1.11. The summed E-state index contributed by atoms with van der Waals surface area (Å²) in [6.45, 7) is -2.04. The number of nitrogens with one attached hydrogen (secondary N) is 2. The van der Waals surface area contributed by atoms with Crippen LogP contribution in [0.2, 0.25) is 0 Å². The van der Waals surface area contributed by atoms with Gasteiger partial charge in [0, 0.05) is 6.42 Å². The van der Waals surface area contributed by atoms with E-state index in [-0.39, 0.29) is 12.8 Å². The quantitative estimate of drug-likeness (QED) is 0.454. The molecular weight excluding hydrogens is 271 g/mol. The Hall–Kier alpha value is -1.84. The van der Waals surface area contributed by atoms with Crippen molar-refractivity contribution < 1.29 is 32.7 Å². The van der Waals surface area contributed by atoms with Gasteiger partial charge in [0.25, 0.3) is 0 Å². The number of hydrogen-bond acceptors (Lipinski definition) is 4. The molecule has 0 fully saturated rings. The summed E-state index contributed by atoms with van der Waals surface area (Å²) < 4.78 is 35.3. The third-order valence-electron chi connectivity index (χ3n) is 1.92. The maximum Gasteiger partial charge on any atom is 0.401 e. The van der Waals surface area contributed by atoms with Crippen LogP contribution in [0.4, 0.5) is 13.2 Å². The van der Waals surface area contributed by atoms with Crippen LogP contribution in [0.1, 0.15) is 12.8 Å². The summed E-state index contributed by atoms with van der Waals surface area (Å²) in [7, 11) is 0. The van der Waals surface area contributed by atoms with Gasteiger partial charge in [0.15, 0.2) is 0 Å². The van der Waals surface area contributed by atoms with Crippen molar-refractivity contribution in [2.75, 3.05) is 13.1 Å². The van der Waals surface area contributed by atoms with Crippen LogP contribution in [0.5, 0.6) is 0 Å². The molecule has 10 heteroatoms. The lowest BCUT2D eigenvalue weighted by Crippen LogP contribution is -2.46. The Bertz CT molecular complexity index is 346. The minimum absolute atomic E-state index is 0.227. The lowest BCUT2D eigenvalue weighted by atomic mass is 10.1. The number of nitrogens with two attached hydrogens (primary N) is 1. The third kappa shape index (κ3) is 9.83. The van der Waals surface area contributed by atoms with Crippen molar-refractivity contribution in [2.45, 2.75) is 25.1 Å². The van der Waals surface area contributed by atoms with Crippen molar-refractivity contribution in [3.8, 4) is 0 Å². The molecule has 5 N–H and O–H groups in total. The summed E-state index contributed by atoms with van der Waals surface area (Å²) in [5, 5.41) is 12.5. The molecule has 2 amide bonds. The van der Waals surface area contributed by atoms with Crippen molar-refractivity contribution in [1.82, 2.24) is 10.6 Å². The minimum atomic E-state index is -4.46. The van der Waals surface area contributed by atoms with Gasteiger partial charge in [-0.1, -0.05) is 0 Å². The number of alkyl halides is 3. The Kier molecular flexibility index (Phi) is 6.83. The van der Waals surface area contributed by atoms with Gasteiger partial charge in [-0.2, -0.15) is 13.2 Å². The lowest BCUT2D eigenvalue weighted by molar-refractivity contribution is -0.142. The van der Waals surface area contributed by atoms with E-state index in [4.69, 9.17) is 10.8 Å². The van der Waals surface area contributed by atoms with E-state index in [1.54, 1.807) is 0 Å². The number of aliphatic carboxylic acids is 1. The summed E-state index contributed by atoms with van der Waals surface area (Å²) in [6.07, 6.45) is -4.94. The fraction of sp³-hybridized carbons (Fsp3) is 0.667. The second-order valence-corrected chi connectivity index (χ2v) is 3.68. The number of carboxylic acid groups (broad SMARTS) is 1. The summed E-state index contributed by atoms with van der Waals surface area (Å²) in [4.78, 5) is 32.4. The summed E-state index contributed by atoms with van der Waals surface area (Å²) in [6, 6.07) is -1.37. The number of carboxylic acids is 1. The van der Waals surface area contributed by atoms with Gasteiger partial charge in [-0.25, -0.2) is 4.79 Å². The summed E-state index contributed by atoms with van der Waals surface area (Å²) in [5.41, 5.74) is 4.82. The van der Waals surface area contributed by atoms with Crippen molar-refractivity contribution in [1.29, 1.82) is 0 Å². The maximum absolute atomic E-state index is 11.8. The van der Waals surface area contributed by atoms with Gasteiger partial charge < -0.3 is 21.5 Å². The number of amides is 2. The van der Waals surface area contributed by atoms with Gasteiger partial charge in [0.05, 0.1) is 13.1 Å². The zero-order valence-corrected chi connectivity index (χ0v) is 9.79. The molecular formula is C9H14F3N3O4. The monoisotopic (exact) mass is 285 g/mol. The number of primary amides is 1. The minimum Gasteiger partial charge on any atom is -0.480 e. The lowest BCUT2D eigenvalue weighted by Gasteiger charge is -2.14. The van der Waals surface area contributed by atoms with Gasteiger partial charge in [-0.3, -0.25) is 9.59 Å². The maximum atomic E-state index is 11.8. The average molecular weight is 285 g/mol. The molecule has 7 nitrogen and oxygen atoms in total. The zero-order chi connectivity index (χ0) is 15.1. The zero-order valence-electron chi connectivity index (χ0n) is 9.79. The molecule has 1 atom stereocenters. The van der Waals surface area contributed by atoms with Gasteiger partial charge in [0.1, 0.15) is 6.04 Å². The third-order valence-corrected chi connectivity index (χ3v) is 1.92. The van der Waals surface area contributed by atoms with E-state index >= 15 is 0 Å². The Morgan fingerprint density at radius 2 is 1.84 bits per heavy atom. The van der Waals surface area contributed by atoms with Crippen molar-refractivity contribution in [2.24, 2.45) is 5.73 Å². The highest BCUT2D eigenvalue weighted by atomic mass is 19.4. The van der Waals surface area contributed by atoms with Crippen LogP contribution >= 0.6 is 0 Å². The van der Waals surface area contributed by atoms with Crippen LogP contribution in [0.3, 0.4) is 0 Å². The predicted molar refractivity (Wildman–Crippen MR) is 56.9 cm³/mol. The fourth-order valence-electron chi connectivity index (χ4n) is 1.11. The van der Waals surface area contributed by atoms with Crippen LogP contribution in [0, 0.1) is 0 Å². The molecule has 0 aliphatic carbocycles. The molecule has 0 aromatic carbocycles. The smallest absolute Gasteiger partial charge is 0.401 e. The van der Waals surface area contributed by atoms with Gasteiger partial charge >= 0.3 is 12.1 Å². The first-order valence-corrected chi connectivity index (χ1v) is 5.19. The molecule has 0 bridgehead atoms. The second kappa shape index (κ2) is 7.56. The molecule has 0 rings (SSSR count). The molecule has 0 aromatic heterocycles. The molecule has 0 aliphatic rings. The van der Waals surface area contributed by atoms with Gasteiger partial charge in [-0.05, 0) is 6.42 Å². The first kappa shape index (κ1) is 17.2. The molecule has 0 radical (unpaired) electrons. The highest BCUT2D eigenvalue weighted by molar-refractivity contribution is 5.85. The van der Waals surface area contributed by atoms with E-state index in [0.29, 0.717) is 0 Å². The Labute approximate surface area is 106 Å². The number of rotatable bonds is 8. The van der Waals surface area contributed by atoms with Crippen LogP contribution in [-0.4, -0.2) is 48.2 Å². The molecule has 110 valence electrons. The van der Waals surface area contributed by atoms with Crippen LogP contribution in [0.15, 0.2) is 0 Å². The van der Waals surface area contributed by atoms with E-state index in [0.717, 1.165) is 0 Å². The predicted octanol–water partition coefficient (Wildman–Crippen LogP) is -1.03. The van der Waals surface area contributed by atoms with E-state index < -0.39 is 43.1 Å². The standard InChI is InChI=1S/C9H14F3N3O4/c10-9(11,12)4-14-3-7(17)15-5(8(18)19)1-2-6(13)16/h5,14H,1-4H2,(H2,13,16)(H,15,17)(H,18,19)/t5-/m0/s1. The number of carbonyl (C=O) groups is 3. The van der Waals surface area contributed by atoms with Crippen molar-refractivity contribution in [3.05, 3.63) is 0 Å². The van der Waals surface area contributed by atoms with E-state index in [9.17, 15) is 27.6 Å². The number of halogens is 3. The van der Waals surface area contributed by atoms with Crippen LogP contribution in [-0.2, 0) is 14.4 Å². The number of hydrogen-bond donors (Lipinski definition) is 4. The Morgan fingerprint density at radius 3 is 2.26 bits per heavy atom. The number of carbonyl (C=O) groups excluding carboxylic acids is 2. The van der Waals surface area contributed by atoms with Crippen molar-refractivity contribution >= 4 is 17.8 Å². The van der Waals surface area contributed by atoms with E-state index in [1.807, 2.05) is 10.6 Å². The Balaban J connectivity index is 4.10.